The van der Waals surface area contributed by atoms with Gasteiger partial charge in [-0.1, -0.05) is 18.2 Å². The summed E-state index contributed by atoms with van der Waals surface area (Å²) in [6.07, 6.45) is -0.128. The summed E-state index contributed by atoms with van der Waals surface area (Å²) in [5, 5.41) is 11.1. The van der Waals surface area contributed by atoms with Crippen LogP contribution in [0.15, 0.2) is 66.7 Å². The van der Waals surface area contributed by atoms with Gasteiger partial charge >= 0.3 is 5.97 Å². The number of ether oxygens (including phenoxy) is 2. The fourth-order valence-electron chi connectivity index (χ4n) is 4.41. The highest BCUT2D eigenvalue weighted by Gasteiger charge is 2.39. The van der Waals surface area contributed by atoms with E-state index in [2.05, 4.69) is 0 Å². The summed E-state index contributed by atoms with van der Waals surface area (Å²) in [5.74, 6) is -2.56. The van der Waals surface area contributed by atoms with Gasteiger partial charge in [0.25, 0.3) is 17.5 Å². The maximum Gasteiger partial charge on any atom is 0.316 e. The van der Waals surface area contributed by atoms with Crippen molar-refractivity contribution in [2.24, 2.45) is 5.92 Å². The third-order valence-corrected chi connectivity index (χ3v) is 6.21. The molecule has 1 saturated heterocycles. The molecule has 3 aromatic carbocycles. The molecule has 0 unspecified atom stereocenters. The molecule has 0 aromatic heterocycles. The Kier molecular flexibility index (Phi) is 5.88. The van der Waals surface area contributed by atoms with E-state index in [0.29, 0.717) is 16.8 Å². The molecule has 1 fully saturated rings. The Labute approximate surface area is 209 Å². The van der Waals surface area contributed by atoms with Crippen molar-refractivity contribution in [1.82, 2.24) is 0 Å². The minimum absolute atomic E-state index is 0.00999. The van der Waals surface area contributed by atoms with E-state index in [9.17, 15) is 29.3 Å². The molecule has 11 nitrogen and oxygen atoms in total. The van der Waals surface area contributed by atoms with Crippen molar-refractivity contribution in [2.75, 3.05) is 23.5 Å². The average molecular weight is 501 g/mol. The van der Waals surface area contributed by atoms with Crippen LogP contribution in [0.2, 0.25) is 0 Å². The number of methoxy groups -OCH3 is 1. The third kappa shape index (κ3) is 4.16. The second kappa shape index (κ2) is 9.19. The number of imide groups is 1. The van der Waals surface area contributed by atoms with Gasteiger partial charge in [-0.3, -0.25) is 29.3 Å². The first-order chi connectivity index (χ1) is 17.8. The number of fused-ring (bicyclic) bond motifs is 1. The topological polar surface area (TPSA) is 136 Å². The maximum absolute atomic E-state index is 12.9. The fraction of sp³-hybridized carbons (Fsp3) is 0.154. The largest absolute Gasteiger partial charge is 0.494 e. The molecule has 186 valence electrons. The lowest BCUT2D eigenvalue weighted by atomic mass is 10.1. The van der Waals surface area contributed by atoms with Crippen LogP contribution in [0.25, 0.3) is 0 Å². The number of non-ortho nitro benzene ring substituents is 1. The van der Waals surface area contributed by atoms with Gasteiger partial charge in [-0.25, -0.2) is 4.90 Å². The lowest BCUT2D eigenvalue weighted by molar-refractivity contribution is -0.384. The van der Waals surface area contributed by atoms with Crippen LogP contribution < -0.4 is 19.3 Å². The van der Waals surface area contributed by atoms with Crippen molar-refractivity contribution < 1.29 is 33.6 Å². The highest BCUT2D eigenvalue weighted by Crippen LogP contribution is 2.36. The van der Waals surface area contributed by atoms with Gasteiger partial charge in [0, 0.05) is 25.1 Å². The van der Waals surface area contributed by atoms with Gasteiger partial charge in [-0.05, 0) is 30.3 Å². The molecule has 2 aliphatic heterocycles. The molecule has 0 saturated carbocycles. The van der Waals surface area contributed by atoms with Gasteiger partial charge in [-0.15, -0.1) is 0 Å². The highest BCUT2D eigenvalue weighted by molar-refractivity contribution is 6.34. The van der Waals surface area contributed by atoms with Crippen molar-refractivity contribution >= 4 is 40.8 Å². The van der Waals surface area contributed by atoms with E-state index < -0.39 is 28.6 Å². The molecule has 11 heteroatoms. The Hall–Kier alpha value is -5.06. The summed E-state index contributed by atoms with van der Waals surface area (Å²) >= 11 is 0. The SMILES string of the molecule is COc1cc([N+](=O)[O-])ccc1N1C[C@H](C(=O)Oc2cccc(N3C(=O)c4ccccc4C3=O)c2)CC1=O. The Morgan fingerprint density at radius 1 is 0.973 bits per heavy atom. The van der Waals surface area contributed by atoms with Gasteiger partial charge in [0.2, 0.25) is 5.91 Å². The summed E-state index contributed by atoms with van der Waals surface area (Å²) in [7, 11) is 1.33. The van der Waals surface area contributed by atoms with E-state index in [4.69, 9.17) is 9.47 Å². The number of esters is 1. The number of amides is 3. The van der Waals surface area contributed by atoms with Gasteiger partial charge in [0.05, 0.1) is 46.5 Å². The van der Waals surface area contributed by atoms with Crippen molar-refractivity contribution in [2.45, 2.75) is 6.42 Å². The van der Waals surface area contributed by atoms with Crippen molar-refractivity contribution in [3.8, 4) is 11.5 Å². The lowest BCUT2D eigenvalue weighted by Gasteiger charge is -2.19. The summed E-state index contributed by atoms with van der Waals surface area (Å²) in [6, 6.07) is 16.4. The number of benzene rings is 3. The van der Waals surface area contributed by atoms with Crippen LogP contribution in [0.3, 0.4) is 0 Å². The zero-order valence-corrected chi connectivity index (χ0v) is 19.5. The molecule has 2 aliphatic rings. The van der Waals surface area contributed by atoms with E-state index in [1.54, 1.807) is 36.4 Å². The molecule has 0 aliphatic carbocycles. The second-order valence-electron chi connectivity index (χ2n) is 8.43. The number of nitro benzene ring substituents is 1. The first kappa shape index (κ1) is 23.7. The first-order valence-corrected chi connectivity index (χ1v) is 11.2. The molecule has 0 N–H and O–H groups in total. The Balaban J connectivity index is 1.32. The minimum atomic E-state index is -0.810. The van der Waals surface area contributed by atoms with Crippen LogP contribution in [0.1, 0.15) is 27.1 Å². The standard InChI is InChI=1S/C26H19N3O8/c1-36-22-13-17(29(34)35)9-10-21(22)27-14-15(11-23(27)30)26(33)37-18-6-4-5-16(12-18)28-24(31)19-7-2-3-8-20(19)25(28)32/h2-10,12-13,15H,11,14H2,1H3/t15-/m1/s1. The van der Waals surface area contributed by atoms with Crippen molar-refractivity contribution in [1.29, 1.82) is 0 Å². The number of carbonyl (C=O) groups is 4. The lowest BCUT2D eigenvalue weighted by Crippen LogP contribution is -2.29. The summed E-state index contributed by atoms with van der Waals surface area (Å²) < 4.78 is 10.7. The maximum atomic E-state index is 12.9. The summed E-state index contributed by atoms with van der Waals surface area (Å²) in [5.41, 5.74) is 0.945. The molecule has 0 bridgehead atoms. The molecular weight excluding hydrogens is 482 g/mol. The molecular formula is C26H19N3O8. The van der Waals surface area contributed by atoms with E-state index in [1.165, 1.54) is 42.3 Å². The van der Waals surface area contributed by atoms with Gasteiger partial charge < -0.3 is 14.4 Å². The predicted molar refractivity (Wildman–Crippen MR) is 130 cm³/mol. The third-order valence-electron chi connectivity index (χ3n) is 6.21. The van der Waals surface area contributed by atoms with Crippen LogP contribution >= 0.6 is 0 Å². The molecule has 37 heavy (non-hydrogen) atoms. The van der Waals surface area contributed by atoms with Crippen LogP contribution in [0, 0.1) is 16.0 Å². The minimum Gasteiger partial charge on any atom is -0.494 e. The zero-order valence-electron chi connectivity index (χ0n) is 19.5. The van der Waals surface area contributed by atoms with Crippen molar-refractivity contribution in [3.05, 3.63) is 88.0 Å². The van der Waals surface area contributed by atoms with E-state index in [0.717, 1.165) is 4.90 Å². The number of nitrogens with zero attached hydrogens (tertiary/aromatic N) is 3. The Morgan fingerprint density at radius 3 is 2.32 bits per heavy atom. The number of nitro groups is 1. The molecule has 1 atom stereocenters. The molecule has 3 amide bonds. The Morgan fingerprint density at radius 2 is 1.68 bits per heavy atom. The number of hydrogen-bond donors (Lipinski definition) is 0. The quantitative estimate of drug-likeness (QED) is 0.165. The van der Waals surface area contributed by atoms with E-state index in [1.807, 2.05) is 0 Å². The van der Waals surface area contributed by atoms with Crippen LogP contribution in [0.4, 0.5) is 17.1 Å². The monoisotopic (exact) mass is 501 g/mol. The smallest absolute Gasteiger partial charge is 0.316 e. The van der Waals surface area contributed by atoms with Gasteiger partial charge in [0.15, 0.2) is 0 Å². The number of carbonyl (C=O) groups excluding carboxylic acids is 4. The first-order valence-electron chi connectivity index (χ1n) is 11.2. The average Bonchev–Trinajstić information content (AvgIpc) is 3.41. The summed E-state index contributed by atoms with van der Waals surface area (Å²) in [4.78, 5) is 64.0. The summed E-state index contributed by atoms with van der Waals surface area (Å²) in [6.45, 7) is -0.00999. The highest BCUT2D eigenvalue weighted by atomic mass is 16.6. The zero-order chi connectivity index (χ0) is 26.3. The van der Waals surface area contributed by atoms with Crippen LogP contribution in [0.5, 0.6) is 11.5 Å². The molecule has 3 aromatic rings. The molecule has 2 heterocycles. The normalized spacial score (nSPS) is 16.7. The van der Waals surface area contributed by atoms with Crippen LogP contribution in [-0.2, 0) is 9.59 Å². The van der Waals surface area contributed by atoms with E-state index >= 15 is 0 Å². The number of anilines is 2. The Bertz CT molecular complexity index is 1450. The predicted octanol–water partition coefficient (Wildman–Crippen LogP) is 3.36. The number of hydrogen-bond acceptors (Lipinski definition) is 8. The van der Waals surface area contributed by atoms with Crippen molar-refractivity contribution in [3.63, 3.8) is 0 Å². The second-order valence-corrected chi connectivity index (χ2v) is 8.43. The van der Waals surface area contributed by atoms with E-state index in [-0.39, 0.29) is 41.7 Å². The van der Waals surface area contributed by atoms with Gasteiger partial charge in [-0.2, -0.15) is 0 Å². The van der Waals surface area contributed by atoms with Gasteiger partial charge in [0.1, 0.15) is 11.5 Å². The molecule has 0 radical (unpaired) electrons. The number of rotatable bonds is 6. The molecule has 0 spiro atoms. The fourth-order valence-corrected chi connectivity index (χ4v) is 4.41. The van der Waals surface area contributed by atoms with Crippen LogP contribution in [-0.4, -0.2) is 42.3 Å². The molecule has 5 rings (SSSR count).